The van der Waals surface area contributed by atoms with Gasteiger partial charge in [0.25, 0.3) is 5.69 Å². The molecule has 1 aliphatic rings. The molecule has 0 spiro atoms. The first kappa shape index (κ1) is 10.5. The van der Waals surface area contributed by atoms with Crippen LogP contribution in [-0.2, 0) is 0 Å². The lowest BCUT2D eigenvalue weighted by Crippen LogP contribution is -2.10. The summed E-state index contributed by atoms with van der Waals surface area (Å²) in [5.41, 5.74) is 0.700. The first-order valence-electron chi connectivity index (χ1n) is 4.69. The molecule has 2 rings (SSSR count). The predicted octanol–water partition coefficient (Wildman–Crippen LogP) is 1.83. The zero-order valence-electron chi connectivity index (χ0n) is 7.94. The second kappa shape index (κ2) is 4.24. The standard InChI is InChI=1S/C9H10BrN3O2/c10-7-3-8(13(14)15)9(12-5-7)6-1-2-11-4-6/h3,5-6,11H,1-2,4H2/t6-/m1/s1. The minimum absolute atomic E-state index is 0.109. The molecule has 6 heteroatoms. The Morgan fingerprint density at radius 2 is 2.47 bits per heavy atom. The van der Waals surface area contributed by atoms with E-state index in [0.717, 1.165) is 19.5 Å². The van der Waals surface area contributed by atoms with Crippen molar-refractivity contribution >= 4 is 21.6 Å². The van der Waals surface area contributed by atoms with Crippen molar-refractivity contribution in [3.8, 4) is 0 Å². The van der Waals surface area contributed by atoms with Crippen LogP contribution in [0.3, 0.4) is 0 Å². The number of nitrogens with zero attached hydrogens (tertiary/aromatic N) is 2. The van der Waals surface area contributed by atoms with Crippen molar-refractivity contribution in [2.45, 2.75) is 12.3 Å². The third kappa shape index (κ3) is 2.15. The second-order valence-electron chi connectivity index (χ2n) is 3.50. The summed E-state index contributed by atoms with van der Waals surface area (Å²) in [7, 11) is 0. The number of hydrogen-bond acceptors (Lipinski definition) is 4. The Labute approximate surface area is 95.2 Å². The summed E-state index contributed by atoms with van der Waals surface area (Å²) < 4.78 is 0.643. The Balaban J connectivity index is 2.40. The molecule has 15 heavy (non-hydrogen) atoms. The third-order valence-corrected chi connectivity index (χ3v) is 2.94. The smallest absolute Gasteiger partial charge is 0.292 e. The van der Waals surface area contributed by atoms with Crippen LogP contribution >= 0.6 is 15.9 Å². The maximum absolute atomic E-state index is 10.9. The van der Waals surface area contributed by atoms with Gasteiger partial charge in [0.05, 0.1) is 4.92 Å². The number of aromatic nitrogens is 1. The van der Waals surface area contributed by atoms with Crippen LogP contribution in [0.5, 0.6) is 0 Å². The molecule has 1 aliphatic heterocycles. The molecule has 0 bridgehead atoms. The number of pyridine rings is 1. The van der Waals surface area contributed by atoms with E-state index in [4.69, 9.17) is 0 Å². The van der Waals surface area contributed by atoms with Crippen LogP contribution in [0.25, 0.3) is 0 Å². The Hall–Kier alpha value is -1.01. The van der Waals surface area contributed by atoms with Crippen LogP contribution in [0, 0.1) is 10.1 Å². The minimum Gasteiger partial charge on any atom is -0.316 e. The van der Waals surface area contributed by atoms with Gasteiger partial charge in [-0.1, -0.05) is 0 Å². The van der Waals surface area contributed by atoms with Gasteiger partial charge in [0.1, 0.15) is 5.69 Å². The molecule has 0 saturated carbocycles. The third-order valence-electron chi connectivity index (χ3n) is 2.51. The van der Waals surface area contributed by atoms with E-state index in [1.807, 2.05) is 0 Å². The lowest BCUT2D eigenvalue weighted by molar-refractivity contribution is -0.386. The molecule has 1 N–H and O–H groups in total. The van der Waals surface area contributed by atoms with E-state index in [2.05, 4.69) is 26.2 Å². The maximum Gasteiger partial charge on any atom is 0.292 e. The fourth-order valence-electron chi connectivity index (χ4n) is 1.79. The van der Waals surface area contributed by atoms with Gasteiger partial charge in [-0.05, 0) is 28.9 Å². The van der Waals surface area contributed by atoms with Crippen LogP contribution in [0.2, 0.25) is 0 Å². The van der Waals surface area contributed by atoms with Crippen LogP contribution in [0.1, 0.15) is 18.0 Å². The van der Waals surface area contributed by atoms with Crippen LogP contribution in [0.15, 0.2) is 16.7 Å². The molecule has 0 aromatic carbocycles. The SMILES string of the molecule is O=[N+]([O-])c1cc(Br)cnc1[C@@H]1CCNC1. The van der Waals surface area contributed by atoms with Gasteiger partial charge in [-0.25, -0.2) is 0 Å². The van der Waals surface area contributed by atoms with Crippen molar-refractivity contribution in [2.75, 3.05) is 13.1 Å². The van der Waals surface area contributed by atoms with Crippen LogP contribution in [0.4, 0.5) is 5.69 Å². The normalized spacial score (nSPS) is 20.5. The minimum atomic E-state index is -0.370. The quantitative estimate of drug-likeness (QED) is 0.658. The molecule has 1 aromatic heterocycles. The monoisotopic (exact) mass is 271 g/mol. The van der Waals surface area contributed by atoms with Gasteiger partial charge in [0.2, 0.25) is 0 Å². The average molecular weight is 272 g/mol. The summed E-state index contributed by atoms with van der Waals surface area (Å²) in [5, 5.41) is 14.0. The van der Waals surface area contributed by atoms with Gasteiger partial charge in [-0.3, -0.25) is 15.1 Å². The number of nitrogens with one attached hydrogen (secondary N) is 1. The van der Waals surface area contributed by atoms with Crippen LogP contribution in [-0.4, -0.2) is 23.0 Å². The first-order valence-corrected chi connectivity index (χ1v) is 5.48. The molecule has 2 heterocycles. The predicted molar refractivity (Wildman–Crippen MR) is 58.8 cm³/mol. The number of halogens is 1. The molecule has 0 amide bonds. The molecule has 1 atom stereocenters. The summed E-state index contributed by atoms with van der Waals surface area (Å²) in [4.78, 5) is 14.6. The molecule has 1 aromatic rings. The molecule has 0 radical (unpaired) electrons. The van der Waals surface area contributed by atoms with Gasteiger partial charge >= 0.3 is 0 Å². The van der Waals surface area contributed by atoms with Crippen molar-refractivity contribution in [1.82, 2.24) is 10.3 Å². The average Bonchev–Trinajstić information content (AvgIpc) is 2.70. The second-order valence-corrected chi connectivity index (χ2v) is 4.42. The zero-order chi connectivity index (χ0) is 10.8. The van der Waals surface area contributed by atoms with Gasteiger partial charge in [0.15, 0.2) is 0 Å². The van der Waals surface area contributed by atoms with E-state index >= 15 is 0 Å². The highest BCUT2D eigenvalue weighted by atomic mass is 79.9. The van der Waals surface area contributed by atoms with E-state index in [9.17, 15) is 10.1 Å². The number of rotatable bonds is 2. The summed E-state index contributed by atoms with van der Waals surface area (Å²) in [6.07, 6.45) is 2.52. The number of nitro groups is 1. The Bertz CT molecular complexity index is 391. The van der Waals surface area contributed by atoms with E-state index in [1.54, 1.807) is 6.20 Å². The molecule has 0 unspecified atom stereocenters. The van der Waals surface area contributed by atoms with Crippen molar-refractivity contribution in [1.29, 1.82) is 0 Å². The molecule has 1 saturated heterocycles. The maximum atomic E-state index is 10.9. The Morgan fingerprint density at radius 3 is 3.07 bits per heavy atom. The fraction of sp³-hybridized carbons (Fsp3) is 0.444. The fourth-order valence-corrected chi connectivity index (χ4v) is 2.11. The highest BCUT2D eigenvalue weighted by molar-refractivity contribution is 9.10. The van der Waals surface area contributed by atoms with Crippen molar-refractivity contribution < 1.29 is 4.92 Å². The lowest BCUT2D eigenvalue weighted by atomic mass is 10.0. The zero-order valence-corrected chi connectivity index (χ0v) is 9.53. The highest BCUT2D eigenvalue weighted by Gasteiger charge is 2.26. The topological polar surface area (TPSA) is 68.1 Å². The number of hydrogen-bond donors (Lipinski definition) is 1. The molecular weight excluding hydrogens is 262 g/mol. The van der Waals surface area contributed by atoms with Crippen molar-refractivity contribution in [3.63, 3.8) is 0 Å². The Kier molecular flexibility index (Phi) is 2.97. The van der Waals surface area contributed by atoms with Gasteiger partial charge in [0, 0.05) is 29.2 Å². The molecule has 0 aliphatic carbocycles. The van der Waals surface area contributed by atoms with Crippen LogP contribution < -0.4 is 5.32 Å². The van der Waals surface area contributed by atoms with Gasteiger partial charge < -0.3 is 5.32 Å². The summed E-state index contributed by atoms with van der Waals surface area (Å²) in [6.45, 7) is 1.68. The molecule has 1 fully saturated rings. The largest absolute Gasteiger partial charge is 0.316 e. The van der Waals surface area contributed by atoms with E-state index in [-0.39, 0.29) is 16.5 Å². The van der Waals surface area contributed by atoms with E-state index in [0.29, 0.717) is 10.2 Å². The summed E-state index contributed by atoms with van der Waals surface area (Å²) in [5.74, 6) is 0.165. The van der Waals surface area contributed by atoms with Crippen molar-refractivity contribution in [2.24, 2.45) is 0 Å². The Morgan fingerprint density at radius 1 is 1.67 bits per heavy atom. The molecule has 80 valence electrons. The van der Waals surface area contributed by atoms with E-state index in [1.165, 1.54) is 6.07 Å². The summed E-state index contributed by atoms with van der Waals surface area (Å²) in [6, 6.07) is 1.51. The van der Waals surface area contributed by atoms with Gasteiger partial charge in [-0.2, -0.15) is 0 Å². The van der Waals surface area contributed by atoms with E-state index < -0.39 is 0 Å². The summed E-state index contributed by atoms with van der Waals surface area (Å²) >= 11 is 3.19. The molecular formula is C9H10BrN3O2. The first-order chi connectivity index (χ1) is 7.18. The highest BCUT2D eigenvalue weighted by Crippen LogP contribution is 2.30. The van der Waals surface area contributed by atoms with Gasteiger partial charge in [-0.15, -0.1) is 0 Å². The molecule has 5 nitrogen and oxygen atoms in total. The lowest BCUT2D eigenvalue weighted by Gasteiger charge is -2.07. The van der Waals surface area contributed by atoms with Crippen molar-refractivity contribution in [3.05, 3.63) is 32.5 Å².